The number of hydrogen-bond acceptors (Lipinski definition) is 3. The van der Waals surface area contributed by atoms with E-state index in [0.717, 1.165) is 15.3 Å². The van der Waals surface area contributed by atoms with E-state index in [9.17, 15) is 13.6 Å². The van der Waals surface area contributed by atoms with E-state index in [2.05, 4.69) is 12.0 Å². The number of fused-ring (bicyclic) bond motifs is 1. The van der Waals surface area contributed by atoms with Crippen LogP contribution >= 0.6 is 11.8 Å². The number of alkyl halides is 2. The minimum absolute atomic E-state index is 0.0442. The van der Waals surface area contributed by atoms with Gasteiger partial charge in [-0.15, -0.1) is 11.8 Å². The lowest BCUT2D eigenvalue weighted by molar-refractivity contribution is 0.0946. The first-order valence-corrected chi connectivity index (χ1v) is 8.26. The average Bonchev–Trinajstić information content (AvgIpc) is 2.95. The number of anilines is 1. The van der Waals surface area contributed by atoms with Gasteiger partial charge in [-0.3, -0.25) is 9.48 Å². The number of benzene rings is 1. The Kier molecular flexibility index (Phi) is 4.39. The molecule has 0 spiro atoms. The molecule has 0 radical (unpaired) electrons. The van der Waals surface area contributed by atoms with Crippen LogP contribution in [-0.4, -0.2) is 33.4 Å². The zero-order valence-electron chi connectivity index (χ0n) is 12.8. The molecule has 7 heteroatoms. The molecule has 0 aliphatic carbocycles. The third kappa shape index (κ3) is 2.97. The smallest absolute Gasteiger partial charge is 0.276 e. The predicted octanol–water partition coefficient (Wildman–Crippen LogP) is 3.68. The zero-order chi connectivity index (χ0) is 16.6. The van der Waals surface area contributed by atoms with Crippen LogP contribution in [0.4, 0.5) is 14.5 Å². The zero-order valence-corrected chi connectivity index (χ0v) is 13.6. The third-order valence-corrected chi connectivity index (χ3v) is 5.35. The van der Waals surface area contributed by atoms with E-state index >= 15 is 0 Å². The maximum Gasteiger partial charge on any atom is 0.276 e. The first-order valence-electron chi connectivity index (χ1n) is 7.38. The predicted molar refractivity (Wildman–Crippen MR) is 86.3 cm³/mol. The number of amides is 1. The van der Waals surface area contributed by atoms with E-state index in [1.54, 1.807) is 16.7 Å². The second kappa shape index (κ2) is 6.31. The van der Waals surface area contributed by atoms with Gasteiger partial charge in [0.2, 0.25) is 0 Å². The summed E-state index contributed by atoms with van der Waals surface area (Å²) >= 11 is 1.72. The normalized spacial score (nSPS) is 20.7. The number of rotatable bonds is 3. The summed E-state index contributed by atoms with van der Waals surface area (Å²) < 4.78 is 26.4. The maximum absolute atomic E-state index is 13.0. The Morgan fingerprint density at radius 3 is 2.78 bits per heavy atom. The fourth-order valence-corrected chi connectivity index (χ4v) is 3.86. The Bertz CT molecular complexity index is 719. The number of aromatic nitrogens is 2. The maximum atomic E-state index is 13.0. The number of carbonyl (C=O) groups is 1. The van der Waals surface area contributed by atoms with E-state index in [1.807, 2.05) is 31.2 Å². The summed E-state index contributed by atoms with van der Waals surface area (Å²) in [5.41, 5.74) is 1.00. The van der Waals surface area contributed by atoms with E-state index in [-0.39, 0.29) is 22.9 Å². The fraction of sp³-hybridized carbons (Fsp3) is 0.375. The first kappa shape index (κ1) is 16.0. The van der Waals surface area contributed by atoms with Crippen molar-refractivity contribution in [3.63, 3.8) is 0 Å². The van der Waals surface area contributed by atoms with Gasteiger partial charge in [-0.2, -0.15) is 5.10 Å². The Balaban J connectivity index is 2.00. The molecule has 122 valence electrons. The van der Waals surface area contributed by atoms with Gasteiger partial charge in [0.15, 0.2) is 0 Å². The summed E-state index contributed by atoms with van der Waals surface area (Å²) in [5.74, 6) is -0.296. The van der Waals surface area contributed by atoms with Gasteiger partial charge in [-0.1, -0.05) is 19.1 Å². The molecule has 0 fully saturated rings. The van der Waals surface area contributed by atoms with Crippen molar-refractivity contribution in [2.45, 2.75) is 43.0 Å². The molecule has 1 aliphatic heterocycles. The summed E-state index contributed by atoms with van der Waals surface area (Å²) in [7, 11) is 0. The Morgan fingerprint density at radius 1 is 1.30 bits per heavy atom. The number of thioether (sulfide) groups is 1. The highest BCUT2D eigenvalue weighted by Crippen LogP contribution is 2.41. The number of hydrogen-bond donors (Lipinski definition) is 0. The van der Waals surface area contributed by atoms with E-state index in [4.69, 9.17) is 0 Å². The lowest BCUT2D eigenvalue weighted by Gasteiger charge is -2.38. The van der Waals surface area contributed by atoms with Crippen LogP contribution in [0.3, 0.4) is 0 Å². The van der Waals surface area contributed by atoms with Crippen molar-refractivity contribution in [1.29, 1.82) is 0 Å². The molecule has 2 heterocycles. The average molecular weight is 337 g/mol. The van der Waals surface area contributed by atoms with Crippen LogP contribution in [0.2, 0.25) is 0 Å². The molecule has 1 aromatic carbocycles. The summed E-state index contributed by atoms with van der Waals surface area (Å²) in [4.78, 5) is 15.7. The van der Waals surface area contributed by atoms with E-state index in [0.29, 0.717) is 0 Å². The van der Waals surface area contributed by atoms with Crippen molar-refractivity contribution in [2.24, 2.45) is 0 Å². The van der Waals surface area contributed by atoms with Crippen LogP contribution < -0.4 is 4.90 Å². The van der Waals surface area contributed by atoms with Gasteiger partial charge >= 0.3 is 0 Å². The van der Waals surface area contributed by atoms with Gasteiger partial charge in [-0.05, 0) is 25.1 Å². The molecule has 2 aromatic rings. The van der Waals surface area contributed by atoms with E-state index in [1.165, 1.54) is 12.3 Å². The lowest BCUT2D eigenvalue weighted by atomic mass is 10.1. The fourth-order valence-electron chi connectivity index (χ4n) is 2.69. The van der Waals surface area contributed by atoms with Crippen molar-refractivity contribution in [2.75, 3.05) is 4.90 Å². The number of nitrogens with zero attached hydrogens (tertiary/aromatic N) is 3. The van der Waals surface area contributed by atoms with Gasteiger partial charge in [0.25, 0.3) is 12.3 Å². The van der Waals surface area contributed by atoms with Crippen LogP contribution in [0.1, 0.15) is 24.3 Å². The minimum Gasteiger partial charge on any atom is -0.302 e. The second-order valence-corrected chi connectivity index (χ2v) is 6.92. The van der Waals surface area contributed by atoms with Crippen molar-refractivity contribution in [3.05, 3.63) is 42.2 Å². The summed E-state index contributed by atoms with van der Waals surface area (Å²) in [5, 5.41) is 4.06. The topological polar surface area (TPSA) is 38.1 Å². The summed E-state index contributed by atoms with van der Waals surface area (Å²) in [6.07, 6.45) is -1.17. The number of halogens is 2. The molecule has 0 saturated carbocycles. The van der Waals surface area contributed by atoms with Crippen LogP contribution in [0, 0.1) is 0 Å². The van der Waals surface area contributed by atoms with Crippen molar-refractivity contribution < 1.29 is 13.6 Å². The van der Waals surface area contributed by atoms with Crippen LogP contribution in [0.25, 0.3) is 0 Å². The van der Waals surface area contributed by atoms with Gasteiger partial charge < -0.3 is 4.90 Å². The van der Waals surface area contributed by atoms with Gasteiger partial charge in [-0.25, -0.2) is 8.78 Å². The summed E-state index contributed by atoms with van der Waals surface area (Å²) in [6.45, 7) is 3.45. The van der Waals surface area contributed by atoms with Crippen LogP contribution in [0.5, 0.6) is 0 Å². The molecule has 1 aromatic heterocycles. The molecule has 3 rings (SSSR count). The van der Waals surface area contributed by atoms with Crippen LogP contribution in [-0.2, 0) is 6.54 Å². The molecule has 1 aliphatic rings. The highest BCUT2D eigenvalue weighted by Gasteiger charge is 2.35. The molecule has 4 nitrogen and oxygen atoms in total. The van der Waals surface area contributed by atoms with Gasteiger partial charge in [0, 0.05) is 22.4 Å². The standard InChI is InChI=1S/C16H17F2N3OS/c1-10-11(2)23-14-6-4-3-5-12(14)21(10)16(22)13-7-8-19-20(13)9-15(17)18/h3-8,10-11,15H,9H2,1-2H3/t10-,11-/m0/s1. The molecule has 1 amide bonds. The molecule has 0 unspecified atom stereocenters. The van der Waals surface area contributed by atoms with E-state index < -0.39 is 13.0 Å². The second-order valence-electron chi connectivity index (χ2n) is 5.50. The molecule has 23 heavy (non-hydrogen) atoms. The highest BCUT2D eigenvalue weighted by molar-refractivity contribution is 8.00. The quantitative estimate of drug-likeness (QED) is 0.857. The van der Waals surface area contributed by atoms with Gasteiger partial charge in [0.1, 0.15) is 12.2 Å². The van der Waals surface area contributed by atoms with Gasteiger partial charge in [0.05, 0.1) is 5.69 Å². The minimum atomic E-state index is -2.55. The monoisotopic (exact) mass is 337 g/mol. The first-order chi connectivity index (χ1) is 11.0. The Morgan fingerprint density at radius 2 is 2.04 bits per heavy atom. The molecule has 0 N–H and O–H groups in total. The molecular weight excluding hydrogens is 320 g/mol. The lowest BCUT2D eigenvalue weighted by Crippen LogP contribution is -2.46. The molecular formula is C16H17F2N3OS. The van der Waals surface area contributed by atoms with Crippen molar-refractivity contribution in [1.82, 2.24) is 9.78 Å². The van der Waals surface area contributed by atoms with Crippen molar-refractivity contribution >= 4 is 23.4 Å². The molecule has 0 saturated heterocycles. The third-order valence-electron chi connectivity index (χ3n) is 3.99. The molecule has 2 atom stereocenters. The Hall–Kier alpha value is -1.89. The van der Waals surface area contributed by atoms with Crippen molar-refractivity contribution in [3.8, 4) is 0 Å². The largest absolute Gasteiger partial charge is 0.302 e. The number of carbonyl (C=O) groups excluding carboxylic acids is 1. The Labute approximate surface area is 137 Å². The SMILES string of the molecule is C[C@@H]1Sc2ccccc2N(C(=O)c2ccnn2CC(F)F)[C@H]1C. The van der Waals surface area contributed by atoms with Crippen LogP contribution in [0.15, 0.2) is 41.4 Å². The number of para-hydroxylation sites is 1. The summed E-state index contributed by atoms with van der Waals surface area (Å²) in [6, 6.07) is 9.11. The highest BCUT2D eigenvalue weighted by atomic mass is 32.2. The molecule has 0 bridgehead atoms.